The first-order valence-corrected chi connectivity index (χ1v) is 4.96. The first-order valence-electron chi connectivity index (χ1n) is 4.96. The molecule has 2 aromatic rings. The van der Waals surface area contributed by atoms with Gasteiger partial charge in [0.15, 0.2) is 11.6 Å². The van der Waals surface area contributed by atoms with E-state index in [0.717, 1.165) is 24.4 Å². The number of imidazole rings is 1. The van der Waals surface area contributed by atoms with Gasteiger partial charge in [0.2, 0.25) is 0 Å². The van der Waals surface area contributed by atoms with Crippen molar-refractivity contribution in [3.63, 3.8) is 0 Å². The molecule has 1 atom stereocenters. The van der Waals surface area contributed by atoms with Crippen molar-refractivity contribution in [2.24, 2.45) is 0 Å². The number of aromatic nitrogens is 2. The molecule has 2 rings (SSSR count). The smallest absolute Gasteiger partial charge is 0.161 e. The number of nitrogens with zero attached hydrogens (tertiary/aromatic N) is 1. The SMILES string of the molecule is CCC(C)c1nc2cc(F)c(F)cc2[nH]1. The maximum atomic E-state index is 12.9. The summed E-state index contributed by atoms with van der Waals surface area (Å²) >= 11 is 0. The Kier molecular flexibility index (Phi) is 2.42. The highest BCUT2D eigenvalue weighted by atomic mass is 19.2. The molecular formula is C11H12F2N2. The Morgan fingerprint density at radius 2 is 2.00 bits per heavy atom. The van der Waals surface area contributed by atoms with Crippen molar-refractivity contribution in [2.45, 2.75) is 26.2 Å². The standard InChI is InChI=1S/C11H12F2N2/c1-3-6(2)11-14-9-4-7(12)8(13)5-10(9)15-11/h4-6H,3H2,1-2H3,(H,14,15). The van der Waals surface area contributed by atoms with Crippen LogP contribution in [0.4, 0.5) is 8.78 Å². The Bertz CT molecular complexity index is 452. The van der Waals surface area contributed by atoms with Crippen LogP contribution < -0.4 is 0 Å². The van der Waals surface area contributed by atoms with Crippen LogP contribution in [0.2, 0.25) is 0 Å². The summed E-state index contributed by atoms with van der Waals surface area (Å²) in [6.45, 7) is 4.06. The summed E-state index contributed by atoms with van der Waals surface area (Å²) in [5.74, 6) is -0.660. The molecule has 2 nitrogen and oxygen atoms in total. The van der Waals surface area contributed by atoms with E-state index in [1.54, 1.807) is 0 Å². The number of aromatic amines is 1. The van der Waals surface area contributed by atoms with E-state index in [0.29, 0.717) is 11.0 Å². The number of benzene rings is 1. The molecule has 0 amide bonds. The third-order valence-corrected chi connectivity index (χ3v) is 2.62. The maximum Gasteiger partial charge on any atom is 0.161 e. The number of fused-ring (bicyclic) bond motifs is 1. The van der Waals surface area contributed by atoms with Crippen molar-refractivity contribution in [3.8, 4) is 0 Å². The van der Waals surface area contributed by atoms with Crippen LogP contribution >= 0.6 is 0 Å². The molecule has 0 fully saturated rings. The van der Waals surface area contributed by atoms with E-state index in [1.165, 1.54) is 0 Å². The molecule has 1 aromatic heterocycles. The molecule has 1 unspecified atom stereocenters. The van der Waals surface area contributed by atoms with Crippen LogP contribution in [0, 0.1) is 11.6 Å². The van der Waals surface area contributed by atoms with Gasteiger partial charge in [-0.2, -0.15) is 0 Å². The van der Waals surface area contributed by atoms with Gasteiger partial charge in [-0.25, -0.2) is 13.8 Å². The first kappa shape index (κ1) is 10.1. The lowest BCUT2D eigenvalue weighted by Crippen LogP contribution is -1.92. The average molecular weight is 210 g/mol. The second kappa shape index (κ2) is 3.61. The Morgan fingerprint density at radius 1 is 1.33 bits per heavy atom. The number of H-pyrrole nitrogens is 1. The first-order chi connectivity index (χ1) is 7.11. The third-order valence-electron chi connectivity index (χ3n) is 2.62. The minimum absolute atomic E-state index is 0.267. The largest absolute Gasteiger partial charge is 0.342 e. The van der Waals surface area contributed by atoms with Crippen molar-refractivity contribution in [2.75, 3.05) is 0 Å². The quantitative estimate of drug-likeness (QED) is 0.808. The summed E-state index contributed by atoms with van der Waals surface area (Å²) in [6, 6.07) is 2.26. The van der Waals surface area contributed by atoms with Gasteiger partial charge in [-0.1, -0.05) is 13.8 Å². The van der Waals surface area contributed by atoms with E-state index >= 15 is 0 Å². The van der Waals surface area contributed by atoms with E-state index in [4.69, 9.17) is 0 Å². The molecule has 0 saturated carbocycles. The van der Waals surface area contributed by atoms with Crippen molar-refractivity contribution in [1.29, 1.82) is 0 Å². The van der Waals surface area contributed by atoms with Crippen molar-refractivity contribution in [1.82, 2.24) is 9.97 Å². The predicted octanol–water partition coefficient (Wildman–Crippen LogP) is 3.35. The van der Waals surface area contributed by atoms with Crippen LogP contribution in [-0.4, -0.2) is 9.97 Å². The topological polar surface area (TPSA) is 28.7 Å². The van der Waals surface area contributed by atoms with Crippen LogP contribution in [0.15, 0.2) is 12.1 Å². The van der Waals surface area contributed by atoms with Crippen LogP contribution in [-0.2, 0) is 0 Å². The third kappa shape index (κ3) is 1.71. The number of hydrogen-bond acceptors (Lipinski definition) is 1. The minimum Gasteiger partial charge on any atom is -0.342 e. The van der Waals surface area contributed by atoms with Crippen LogP contribution in [0.1, 0.15) is 32.0 Å². The fraction of sp³-hybridized carbons (Fsp3) is 0.364. The van der Waals surface area contributed by atoms with Crippen LogP contribution in [0.3, 0.4) is 0 Å². The summed E-state index contributed by atoms with van der Waals surface area (Å²) in [5.41, 5.74) is 1.02. The lowest BCUT2D eigenvalue weighted by Gasteiger charge is -2.01. The van der Waals surface area contributed by atoms with Gasteiger partial charge in [-0.15, -0.1) is 0 Å². The normalized spacial score (nSPS) is 13.3. The van der Waals surface area contributed by atoms with E-state index in [-0.39, 0.29) is 5.92 Å². The summed E-state index contributed by atoms with van der Waals surface area (Å²) in [6.07, 6.45) is 0.935. The van der Waals surface area contributed by atoms with Crippen LogP contribution in [0.25, 0.3) is 11.0 Å². The Labute approximate surface area is 86.3 Å². The zero-order valence-corrected chi connectivity index (χ0v) is 8.64. The minimum atomic E-state index is -0.857. The number of hydrogen-bond donors (Lipinski definition) is 1. The van der Waals surface area contributed by atoms with Gasteiger partial charge in [-0.05, 0) is 6.42 Å². The highest BCUT2D eigenvalue weighted by molar-refractivity contribution is 5.75. The van der Waals surface area contributed by atoms with E-state index < -0.39 is 11.6 Å². The predicted molar refractivity (Wildman–Crippen MR) is 54.7 cm³/mol. The fourth-order valence-electron chi connectivity index (χ4n) is 1.45. The van der Waals surface area contributed by atoms with E-state index in [9.17, 15) is 8.78 Å². The lowest BCUT2D eigenvalue weighted by molar-refractivity contribution is 0.510. The van der Waals surface area contributed by atoms with Gasteiger partial charge < -0.3 is 4.98 Å². The molecule has 80 valence electrons. The number of halogens is 2. The number of rotatable bonds is 2. The van der Waals surface area contributed by atoms with Gasteiger partial charge in [0.1, 0.15) is 5.82 Å². The van der Waals surface area contributed by atoms with Crippen molar-refractivity contribution in [3.05, 3.63) is 29.6 Å². The highest BCUT2D eigenvalue weighted by Crippen LogP contribution is 2.21. The zero-order valence-electron chi connectivity index (χ0n) is 8.64. The Balaban J connectivity index is 2.56. The maximum absolute atomic E-state index is 12.9. The molecule has 0 aliphatic rings. The zero-order chi connectivity index (χ0) is 11.0. The summed E-state index contributed by atoms with van der Waals surface area (Å²) < 4.78 is 25.8. The Morgan fingerprint density at radius 3 is 2.67 bits per heavy atom. The fourth-order valence-corrected chi connectivity index (χ4v) is 1.45. The molecule has 0 radical (unpaired) electrons. The Hall–Kier alpha value is -1.45. The molecule has 0 aliphatic heterocycles. The van der Waals surface area contributed by atoms with E-state index in [1.807, 2.05) is 13.8 Å². The van der Waals surface area contributed by atoms with Crippen LogP contribution in [0.5, 0.6) is 0 Å². The van der Waals surface area contributed by atoms with Crippen molar-refractivity contribution >= 4 is 11.0 Å². The van der Waals surface area contributed by atoms with Gasteiger partial charge in [0, 0.05) is 18.1 Å². The van der Waals surface area contributed by atoms with Gasteiger partial charge >= 0.3 is 0 Å². The molecule has 1 heterocycles. The molecule has 1 aromatic carbocycles. The molecule has 4 heteroatoms. The summed E-state index contributed by atoms with van der Waals surface area (Å²) in [4.78, 5) is 7.22. The summed E-state index contributed by atoms with van der Waals surface area (Å²) in [7, 11) is 0. The van der Waals surface area contributed by atoms with Crippen molar-refractivity contribution < 1.29 is 8.78 Å². The second-order valence-corrected chi connectivity index (χ2v) is 3.71. The summed E-state index contributed by atoms with van der Waals surface area (Å²) in [5, 5.41) is 0. The molecule has 0 spiro atoms. The lowest BCUT2D eigenvalue weighted by atomic mass is 10.1. The molecule has 0 saturated heterocycles. The van der Waals surface area contributed by atoms with Gasteiger partial charge in [-0.3, -0.25) is 0 Å². The van der Waals surface area contributed by atoms with E-state index in [2.05, 4.69) is 9.97 Å². The molecular weight excluding hydrogens is 198 g/mol. The highest BCUT2D eigenvalue weighted by Gasteiger charge is 2.11. The van der Waals surface area contributed by atoms with Gasteiger partial charge in [0.25, 0.3) is 0 Å². The monoisotopic (exact) mass is 210 g/mol. The molecule has 0 aliphatic carbocycles. The average Bonchev–Trinajstić information content (AvgIpc) is 2.60. The molecule has 15 heavy (non-hydrogen) atoms. The van der Waals surface area contributed by atoms with Gasteiger partial charge in [0.05, 0.1) is 11.0 Å². The second-order valence-electron chi connectivity index (χ2n) is 3.71. The molecule has 1 N–H and O–H groups in total. The number of nitrogens with one attached hydrogen (secondary N) is 1. The molecule has 0 bridgehead atoms.